The Morgan fingerprint density at radius 1 is 0.685 bits per heavy atom. The number of esters is 3. The van der Waals surface area contributed by atoms with Gasteiger partial charge in [0.2, 0.25) is 0 Å². The van der Waals surface area contributed by atoms with Crippen LogP contribution in [0.25, 0.3) is 0 Å². The van der Waals surface area contributed by atoms with Crippen molar-refractivity contribution in [1.29, 1.82) is 0 Å². The Morgan fingerprint density at radius 2 is 1.27 bits per heavy atom. The number of rotatable bonds is 39. The number of ether oxygens (including phenoxy) is 3. The van der Waals surface area contributed by atoms with Crippen LogP contribution < -0.4 is 4.89 Å². The molecular weight excluding hydrogens is 938 g/mol. The van der Waals surface area contributed by atoms with Crippen molar-refractivity contribution in [2.45, 2.75) is 266 Å². The number of nitrogens with zero attached hydrogens (tertiary/aromatic N) is 1. The van der Waals surface area contributed by atoms with Crippen LogP contribution >= 0.6 is 7.82 Å². The monoisotopic (exact) mass is 1050 g/mol. The van der Waals surface area contributed by atoms with Gasteiger partial charge in [-0.2, -0.15) is 0 Å². The average Bonchev–Trinajstić information content (AvgIpc) is 3.69. The lowest BCUT2D eigenvalue weighted by Crippen LogP contribution is -2.51. The molecule has 0 aliphatic heterocycles. The first-order chi connectivity index (χ1) is 34.8. The van der Waals surface area contributed by atoms with Crippen LogP contribution in [0.5, 0.6) is 0 Å². The van der Waals surface area contributed by atoms with E-state index in [1.54, 1.807) is 0 Å². The fraction of sp³-hybridized carbons (Fsp3) is 0.918. The van der Waals surface area contributed by atoms with Gasteiger partial charge in [-0.05, 0) is 97.7 Å². The number of hydrogen-bond donors (Lipinski definition) is 0. The first-order valence-electron chi connectivity index (χ1n) is 30.4. The minimum atomic E-state index is -4.72. The molecule has 0 aromatic carbocycles. The predicted molar refractivity (Wildman–Crippen MR) is 293 cm³/mol. The summed E-state index contributed by atoms with van der Waals surface area (Å²) in [6, 6.07) is 0. The van der Waals surface area contributed by atoms with Crippen LogP contribution in [0.4, 0.5) is 0 Å². The Bertz CT molecular complexity index is 1680. The molecule has 10 atom stereocenters. The van der Waals surface area contributed by atoms with E-state index in [0.29, 0.717) is 28.8 Å². The molecule has 4 aliphatic carbocycles. The maximum Gasteiger partial charge on any atom is 0.306 e. The van der Waals surface area contributed by atoms with Crippen molar-refractivity contribution in [2.24, 2.45) is 46.3 Å². The smallest absolute Gasteiger partial charge is 0.306 e. The van der Waals surface area contributed by atoms with Crippen LogP contribution in [0, 0.1) is 46.3 Å². The zero-order chi connectivity index (χ0) is 53.3. The standard InChI is InChI=1S/C61H110NO10P/c1-10-11-12-13-14-15-16-17-18-19-20-21-22-23-24-25-26-27-28-32-58(64)72-52(47-70-73(66,67)69-44-43-62(7,8)9)46-68-57(63)37-38-59(65)71-51-39-41-60(5)50(45-51)33-34-53-55-36-35-54(49(4)31-29-30-48(2)3)61(55,6)42-40-56(53)60/h33,48-49,51-56H,10-32,34-47H2,1-9H3/t49-,51?,52?,53+,54-,55+,56+,60+,61-/m0/s1. The Hall–Kier alpha value is -1.78. The molecule has 3 saturated carbocycles. The molecule has 11 nitrogen and oxygen atoms in total. The lowest BCUT2D eigenvalue weighted by atomic mass is 9.47. The summed E-state index contributed by atoms with van der Waals surface area (Å²) in [4.78, 5) is 51.7. The summed E-state index contributed by atoms with van der Waals surface area (Å²) in [5.74, 6) is 3.01. The number of unbranched alkanes of at least 4 members (excludes halogenated alkanes) is 18. The maximum absolute atomic E-state index is 13.2. The van der Waals surface area contributed by atoms with E-state index in [4.69, 9.17) is 23.3 Å². The summed E-state index contributed by atoms with van der Waals surface area (Å²) < 4.78 is 40.3. The van der Waals surface area contributed by atoms with E-state index in [-0.39, 0.29) is 37.4 Å². The Kier molecular flexibility index (Phi) is 28.7. The fourth-order valence-electron chi connectivity index (χ4n) is 13.8. The van der Waals surface area contributed by atoms with Crippen LogP contribution in [-0.2, 0) is 42.2 Å². The molecule has 0 amide bonds. The number of phosphoric acid groups is 1. The summed E-state index contributed by atoms with van der Waals surface area (Å²) in [6.07, 6.45) is 38.0. The number of allylic oxidation sites excluding steroid dienone is 1. The Morgan fingerprint density at radius 3 is 1.86 bits per heavy atom. The molecule has 3 fully saturated rings. The molecule has 0 radical (unpaired) electrons. The highest BCUT2D eigenvalue weighted by Gasteiger charge is 2.59. The van der Waals surface area contributed by atoms with Crippen LogP contribution in [0.15, 0.2) is 11.6 Å². The van der Waals surface area contributed by atoms with E-state index in [2.05, 4.69) is 47.6 Å². The number of likely N-dealkylation sites (N-methyl/N-ethyl adjacent to an activating group) is 1. The lowest BCUT2D eigenvalue weighted by molar-refractivity contribution is -0.870. The van der Waals surface area contributed by atoms with Gasteiger partial charge in [-0.1, -0.05) is 188 Å². The number of carbonyl (C=O) groups is 3. The van der Waals surface area contributed by atoms with Gasteiger partial charge < -0.3 is 32.6 Å². The molecule has 4 rings (SSSR count). The van der Waals surface area contributed by atoms with Gasteiger partial charge in [0.15, 0.2) is 6.10 Å². The predicted octanol–water partition coefficient (Wildman–Crippen LogP) is 15.2. The molecule has 0 spiro atoms. The van der Waals surface area contributed by atoms with Crippen molar-refractivity contribution in [3.8, 4) is 0 Å². The zero-order valence-electron chi connectivity index (χ0n) is 48.3. The lowest BCUT2D eigenvalue weighted by Gasteiger charge is -2.58. The Labute approximate surface area is 446 Å². The molecule has 4 aliphatic rings. The summed E-state index contributed by atoms with van der Waals surface area (Å²) >= 11 is 0. The van der Waals surface area contributed by atoms with Crippen LogP contribution in [0.3, 0.4) is 0 Å². The van der Waals surface area contributed by atoms with E-state index in [0.717, 1.165) is 74.5 Å². The van der Waals surface area contributed by atoms with Crippen molar-refractivity contribution < 1.29 is 51.6 Å². The third kappa shape index (κ3) is 23.0. The Balaban J connectivity index is 1.14. The molecule has 0 heterocycles. The van der Waals surface area contributed by atoms with Gasteiger partial charge in [-0.3, -0.25) is 18.9 Å². The van der Waals surface area contributed by atoms with Gasteiger partial charge in [0.25, 0.3) is 7.82 Å². The SMILES string of the molecule is CCCCCCCCCCCCCCCCCCCCCC(=O)OC(COC(=O)CCC(=O)OC1CC[C@]2(C)C(=CC[C@@H]3[C@H]4CC[C@@H]([C@@H](C)CCCC(C)C)[C@]4(C)CC[C@H]32)C1)COP(=O)([O-])OCC[N+](C)(C)C. The van der Waals surface area contributed by atoms with Crippen molar-refractivity contribution >= 4 is 25.7 Å². The molecule has 12 heteroatoms. The van der Waals surface area contributed by atoms with Gasteiger partial charge in [-0.25, -0.2) is 0 Å². The van der Waals surface area contributed by atoms with Gasteiger partial charge in [0.05, 0.1) is 40.6 Å². The largest absolute Gasteiger partial charge is 0.756 e. The second-order valence-corrected chi connectivity index (χ2v) is 27.1. The number of fused-ring (bicyclic) bond motifs is 5. The second-order valence-electron chi connectivity index (χ2n) is 25.6. The molecule has 0 bridgehead atoms. The molecular formula is C61H110NO10P. The molecule has 0 aromatic rings. The van der Waals surface area contributed by atoms with E-state index < -0.39 is 45.0 Å². The van der Waals surface area contributed by atoms with Crippen molar-refractivity contribution in [2.75, 3.05) is 47.5 Å². The van der Waals surface area contributed by atoms with E-state index in [1.165, 1.54) is 147 Å². The van der Waals surface area contributed by atoms with E-state index >= 15 is 0 Å². The highest BCUT2D eigenvalue weighted by atomic mass is 31.2. The third-order valence-electron chi connectivity index (χ3n) is 18.2. The second kappa shape index (κ2) is 32.8. The van der Waals surface area contributed by atoms with Gasteiger partial charge >= 0.3 is 17.9 Å². The summed E-state index contributed by atoms with van der Waals surface area (Å²) in [7, 11) is 1.03. The van der Waals surface area contributed by atoms with Gasteiger partial charge in [0, 0.05) is 12.8 Å². The summed E-state index contributed by atoms with van der Waals surface area (Å²) in [6.45, 7) is 14.0. The fourth-order valence-corrected chi connectivity index (χ4v) is 14.5. The van der Waals surface area contributed by atoms with E-state index in [1.807, 2.05) is 21.1 Å². The molecule has 424 valence electrons. The minimum Gasteiger partial charge on any atom is -0.756 e. The summed E-state index contributed by atoms with van der Waals surface area (Å²) in [5, 5.41) is 0. The van der Waals surface area contributed by atoms with Crippen molar-refractivity contribution in [3.05, 3.63) is 11.6 Å². The normalized spacial score (nSPS) is 26.5. The molecule has 0 aromatic heterocycles. The number of quaternary nitrogens is 1. The van der Waals surface area contributed by atoms with E-state index in [9.17, 15) is 23.8 Å². The molecule has 73 heavy (non-hydrogen) atoms. The van der Waals surface area contributed by atoms with Crippen molar-refractivity contribution in [1.82, 2.24) is 0 Å². The number of phosphoric ester groups is 1. The number of hydrogen-bond acceptors (Lipinski definition) is 10. The first-order valence-corrected chi connectivity index (χ1v) is 31.9. The van der Waals surface area contributed by atoms with Gasteiger partial charge in [-0.15, -0.1) is 0 Å². The summed E-state index contributed by atoms with van der Waals surface area (Å²) in [5.41, 5.74) is 2.04. The molecule has 3 unspecified atom stereocenters. The quantitative estimate of drug-likeness (QED) is 0.0146. The molecule has 0 saturated heterocycles. The van der Waals surface area contributed by atoms with Crippen molar-refractivity contribution in [3.63, 3.8) is 0 Å². The highest BCUT2D eigenvalue weighted by molar-refractivity contribution is 7.45. The average molecular weight is 1050 g/mol. The molecule has 0 N–H and O–H groups in total. The van der Waals surface area contributed by atoms with Crippen LogP contribution in [-0.4, -0.2) is 82.1 Å². The topological polar surface area (TPSA) is 137 Å². The zero-order valence-corrected chi connectivity index (χ0v) is 49.2. The minimum absolute atomic E-state index is 0.0728. The van der Waals surface area contributed by atoms with Crippen LogP contribution in [0.1, 0.15) is 253 Å². The maximum atomic E-state index is 13.2. The number of carbonyl (C=O) groups excluding carboxylic acids is 3. The van der Waals surface area contributed by atoms with Crippen LogP contribution in [0.2, 0.25) is 0 Å². The first kappa shape index (κ1) is 63.8. The third-order valence-corrected chi connectivity index (χ3v) is 19.2. The van der Waals surface area contributed by atoms with Gasteiger partial charge in [0.1, 0.15) is 25.9 Å². The highest BCUT2D eigenvalue weighted by Crippen LogP contribution is 2.67.